The molecule has 0 radical (unpaired) electrons. The van der Waals surface area contributed by atoms with Crippen LogP contribution in [0.2, 0.25) is 0 Å². The summed E-state index contributed by atoms with van der Waals surface area (Å²) in [7, 11) is -4.65. The number of hydrogen-bond acceptors (Lipinski definition) is 5. The SMILES string of the molecule is Nc1ccc(S(=O)(=O)[O-])c(C(=O)CBr)c1.[NH4+]. The highest BCUT2D eigenvalue weighted by Gasteiger charge is 2.14. The number of carbonyl (C=O) groups is 1. The van der Waals surface area contributed by atoms with E-state index in [2.05, 4.69) is 15.9 Å². The van der Waals surface area contributed by atoms with Crippen LogP contribution in [0.4, 0.5) is 5.69 Å². The van der Waals surface area contributed by atoms with E-state index >= 15 is 0 Å². The summed E-state index contributed by atoms with van der Waals surface area (Å²) in [6, 6.07) is 3.47. The quantitative estimate of drug-likeness (QED) is 0.373. The minimum atomic E-state index is -4.65. The number of hydrogen-bond donors (Lipinski definition) is 2. The predicted molar refractivity (Wildman–Crippen MR) is 62.9 cm³/mol. The molecule has 0 saturated carbocycles. The van der Waals surface area contributed by atoms with Crippen LogP contribution in [0.5, 0.6) is 0 Å². The molecule has 6 N–H and O–H groups in total. The average molecular weight is 311 g/mol. The normalized spacial score (nSPS) is 10.6. The van der Waals surface area contributed by atoms with E-state index in [9.17, 15) is 17.8 Å². The molecule has 8 heteroatoms. The summed E-state index contributed by atoms with van der Waals surface area (Å²) in [5.74, 6) is -0.503. The Balaban J connectivity index is 0.00000225. The first kappa shape index (κ1) is 15.0. The number of Topliss-reactive ketones (excluding diaryl/α,β-unsaturated/α-hetero) is 1. The Morgan fingerprint density at radius 3 is 2.44 bits per heavy atom. The van der Waals surface area contributed by atoms with Gasteiger partial charge in [0.2, 0.25) is 0 Å². The minimum Gasteiger partial charge on any atom is -0.744 e. The molecule has 0 heterocycles. The summed E-state index contributed by atoms with van der Waals surface area (Å²) in [6.45, 7) is 0. The monoisotopic (exact) mass is 310 g/mol. The Bertz CT molecular complexity index is 501. The van der Waals surface area contributed by atoms with Crippen molar-refractivity contribution in [1.29, 1.82) is 0 Å². The van der Waals surface area contributed by atoms with Gasteiger partial charge in [-0.15, -0.1) is 0 Å². The van der Waals surface area contributed by atoms with Crippen molar-refractivity contribution in [3.63, 3.8) is 0 Å². The molecule has 0 unspecified atom stereocenters. The largest absolute Gasteiger partial charge is 0.744 e. The molecule has 1 aromatic carbocycles. The lowest BCUT2D eigenvalue weighted by Gasteiger charge is -2.11. The fourth-order valence-electron chi connectivity index (χ4n) is 1.06. The molecule has 0 aliphatic heterocycles. The summed E-state index contributed by atoms with van der Waals surface area (Å²) in [5, 5.41) is -0.0705. The minimum absolute atomic E-state index is 0. The standard InChI is InChI=1S/C8H8BrNO4S.H3N/c9-4-7(11)6-3-5(10)1-2-8(6)15(12,13)14;/h1-3H,4,10H2,(H,12,13,14);1H3. The summed E-state index contributed by atoms with van der Waals surface area (Å²) >= 11 is 2.89. The Morgan fingerprint density at radius 2 is 2.00 bits per heavy atom. The van der Waals surface area contributed by atoms with Crippen LogP contribution in [-0.4, -0.2) is 24.1 Å². The van der Waals surface area contributed by atoms with Gasteiger partial charge in [0.15, 0.2) is 5.78 Å². The zero-order valence-corrected chi connectivity index (χ0v) is 10.8. The van der Waals surface area contributed by atoms with E-state index in [-0.39, 0.29) is 22.7 Å². The maximum Gasteiger partial charge on any atom is 0.174 e. The van der Waals surface area contributed by atoms with Crippen molar-refractivity contribution in [2.24, 2.45) is 0 Å². The molecule has 0 spiro atoms. The molecule has 0 bridgehead atoms. The van der Waals surface area contributed by atoms with Crippen LogP contribution in [0.25, 0.3) is 0 Å². The van der Waals surface area contributed by atoms with E-state index < -0.39 is 20.8 Å². The van der Waals surface area contributed by atoms with Crippen molar-refractivity contribution in [3.8, 4) is 0 Å². The first-order chi connectivity index (χ1) is 6.86. The van der Waals surface area contributed by atoms with E-state index in [4.69, 9.17) is 5.73 Å². The molecule has 1 aromatic rings. The van der Waals surface area contributed by atoms with Gasteiger partial charge in [-0.2, -0.15) is 0 Å². The lowest BCUT2D eigenvalue weighted by atomic mass is 10.1. The highest BCUT2D eigenvalue weighted by atomic mass is 79.9. The molecule has 1 rings (SSSR count). The van der Waals surface area contributed by atoms with Gasteiger partial charge in [-0.05, 0) is 18.2 Å². The van der Waals surface area contributed by atoms with Gasteiger partial charge in [0.05, 0.1) is 10.2 Å². The van der Waals surface area contributed by atoms with E-state index in [0.29, 0.717) is 0 Å². The van der Waals surface area contributed by atoms with Gasteiger partial charge < -0.3 is 16.4 Å². The number of alkyl halides is 1. The van der Waals surface area contributed by atoms with Gasteiger partial charge in [0, 0.05) is 11.3 Å². The van der Waals surface area contributed by atoms with Crippen LogP contribution in [0.1, 0.15) is 10.4 Å². The lowest BCUT2D eigenvalue weighted by Crippen LogP contribution is -2.10. The summed E-state index contributed by atoms with van der Waals surface area (Å²) in [5.41, 5.74) is 5.45. The second-order valence-corrected chi connectivity index (χ2v) is 4.68. The number of carbonyl (C=O) groups excluding carboxylic acids is 1. The van der Waals surface area contributed by atoms with Crippen molar-refractivity contribution >= 4 is 37.5 Å². The zero-order chi connectivity index (χ0) is 11.6. The highest BCUT2D eigenvalue weighted by Crippen LogP contribution is 2.19. The van der Waals surface area contributed by atoms with Crippen LogP contribution in [0, 0.1) is 0 Å². The van der Waals surface area contributed by atoms with Crippen molar-refractivity contribution in [1.82, 2.24) is 6.15 Å². The van der Waals surface area contributed by atoms with Crippen molar-refractivity contribution in [2.45, 2.75) is 4.90 Å². The second kappa shape index (κ2) is 5.39. The third-order valence-corrected chi connectivity index (χ3v) is 3.10. The Hall–Kier alpha value is -0.960. The topological polar surface area (TPSA) is 137 Å². The van der Waals surface area contributed by atoms with Crippen molar-refractivity contribution < 1.29 is 17.8 Å². The Labute approximate surface area is 101 Å². The number of anilines is 1. The third-order valence-electron chi connectivity index (χ3n) is 1.69. The number of rotatable bonds is 3. The molecule has 90 valence electrons. The summed E-state index contributed by atoms with van der Waals surface area (Å²) < 4.78 is 32.5. The average Bonchev–Trinajstić information content (AvgIpc) is 2.14. The number of ketones is 1. The van der Waals surface area contributed by atoms with Gasteiger partial charge in [-0.25, -0.2) is 8.42 Å². The Kier molecular flexibility index (Phi) is 5.07. The van der Waals surface area contributed by atoms with Crippen LogP contribution < -0.4 is 11.9 Å². The molecular weight excluding hydrogens is 300 g/mol. The number of nitrogens with two attached hydrogens (primary N) is 1. The van der Waals surface area contributed by atoms with Crippen molar-refractivity contribution in [2.75, 3.05) is 11.1 Å². The molecule has 0 aromatic heterocycles. The molecule has 16 heavy (non-hydrogen) atoms. The summed E-state index contributed by atoms with van der Waals surface area (Å²) in [4.78, 5) is 10.8. The molecule has 6 nitrogen and oxygen atoms in total. The van der Waals surface area contributed by atoms with Gasteiger partial charge in [-0.3, -0.25) is 4.79 Å². The molecule has 0 fully saturated rings. The van der Waals surface area contributed by atoms with E-state index in [0.717, 1.165) is 6.07 Å². The van der Waals surface area contributed by atoms with Crippen LogP contribution in [-0.2, 0) is 10.1 Å². The maximum absolute atomic E-state index is 11.3. The molecule has 0 amide bonds. The number of benzene rings is 1. The second-order valence-electron chi connectivity index (χ2n) is 2.77. The first-order valence-electron chi connectivity index (χ1n) is 3.81. The zero-order valence-electron chi connectivity index (χ0n) is 8.44. The first-order valence-corrected chi connectivity index (χ1v) is 6.34. The highest BCUT2D eigenvalue weighted by molar-refractivity contribution is 9.09. The smallest absolute Gasteiger partial charge is 0.174 e. The van der Waals surface area contributed by atoms with Crippen LogP contribution in [0.3, 0.4) is 0 Å². The number of quaternary nitrogens is 1. The van der Waals surface area contributed by atoms with E-state index in [1.165, 1.54) is 12.1 Å². The van der Waals surface area contributed by atoms with E-state index in [1.54, 1.807) is 0 Å². The van der Waals surface area contributed by atoms with Gasteiger partial charge in [0.1, 0.15) is 10.1 Å². The van der Waals surface area contributed by atoms with Crippen LogP contribution >= 0.6 is 15.9 Å². The Morgan fingerprint density at radius 1 is 1.44 bits per heavy atom. The van der Waals surface area contributed by atoms with Crippen LogP contribution in [0.15, 0.2) is 23.1 Å². The lowest BCUT2D eigenvalue weighted by molar-refractivity contribution is 0.102. The molecular formula is C8H11BrN2O4S. The molecule has 0 atom stereocenters. The number of nitrogen functional groups attached to an aromatic ring is 1. The fourth-order valence-corrected chi connectivity index (χ4v) is 2.03. The van der Waals surface area contributed by atoms with E-state index in [1.807, 2.05) is 0 Å². The molecule has 0 aliphatic rings. The van der Waals surface area contributed by atoms with Gasteiger partial charge >= 0.3 is 0 Å². The molecule has 0 saturated heterocycles. The molecule has 0 aliphatic carbocycles. The third kappa shape index (κ3) is 3.27. The summed E-state index contributed by atoms with van der Waals surface area (Å²) in [6.07, 6.45) is 0. The van der Waals surface area contributed by atoms with Gasteiger partial charge in [0.25, 0.3) is 0 Å². The predicted octanol–water partition coefficient (Wildman–Crippen LogP) is 1.13. The number of halogens is 1. The maximum atomic E-state index is 11.3. The fraction of sp³-hybridized carbons (Fsp3) is 0.125. The van der Waals surface area contributed by atoms with Crippen molar-refractivity contribution in [3.05, 3.63) is 23.8 Å². The van der Waals surface area contributed by atoms with Gasteiger partial charge in [-0.1, -0.05) is 15.9 Å².